The van der Waals surface area contributed by atoms with Gasteiger partial charge in [-0.3, -0.25) is 4.79 Å². The van der Waals surface area contributed by atoms with Crippen molar-refractivity contribution < 1.29 is 9.53 Å². The highest BCUT2D eigenvalue weighted by molar-refractivity contribution is 8.00. The van der Waals surface area contributed by atoms with E-state index >= 15 is 0 Å². The van der Waals surface area contributed by atoms with Gasteiger partial charge in [0.05, 0.1) is 6.61 Å². The fraction of sp³-hybridized carbons (Fsp3) is 0.500. The lowest BCUT2D eigenvalue weighted by Gasteiger charge is -2.11. The molecule has 0 aliphatic rings. The van der Waals surface area contributed by atoms with Gasteiger partial charge in [0.1, 0.15) is 16.6 Å². The first-order chi connectivity index (χ1) is 7.27. The summed E-state index contributed by atoms with van der Waals surface area (Å²) in [6.45, 7) is 4.18. The molecule has 1 rings (SSSR count). The van der Waals surface area contributed by atoms with E-state index in [1.54, 1.807) is 19.2 Å². The summed E-state index contributed by atoms with van der Waals surface area (Å²) in [4.78, 5) is 19.4. The lowest BCUT2D eigenvalue weighted by molar-refractivity contribution is -0.142. The molecule has 1 atom stereocenters. The first kappa shape index (κ1) is 12.0. The van der Waals surface area contributed by atoms with Gasteiger partial charge >= 0.3 is 5.97 Å². The van der Waals surface area contributed by atoms with Crippen molar-refractivity contribution in [3.63, 3.8) is 0 Å². The third-order valence-electron chi connectivity index (χ3n) is 1.74. The summed E-state index contributed by atoms with van der Waals surface area (Å²) in [5.74, 6) is -0.177. The first-order valence-corrected chi connectivity index (χ1v) is 5.75. The summed E-state index contributed by atoms with van der Waals surface area (Å²) in [6, 6.07) is 1.78. The monoisotopic (exact) mass is 226 g/mol. The largest absolute Gasteiger partial charge is 0.465 e. The number of hydrogen-bond donors (Lipinski definition) is 0. The topological polar surface area (TPSA) is 52.1 Å². The van der Waals surface area contributed by atoms with Crippen LogP contribution >= 0.6 is 11.8 Å². The van der Waals surface area contributed by atoms with E-state index < -0.39 is 0 Å². The van der Waals surface area contributed by atoms with Gasteiger partial charge in [-0.25, -0.2) is 9.97 Å². The molecule has 5 heteroatoms. The molecule has 0 spiro atoms. The Hall–Kier alpha value is -1.10. The Bertz CT molecular complexity index is 306. The van der Waals surface area contributed by atoms with Gasteiger partial charge in [0, 0.05) is 6.20 Å². The molecular formula is C10H14N2O2S. The predicted octanol–water partition coefficient (Wildman–Crippen LogP) is 1.91. The van der Waals surface area contributed by atoms with Crippen molar-refractivity contribution in [1.82, 2.24) is 9.97 Å². The quantitative estimate of drug-likeness (QED) is 0.436. The van der Waals surface area contributed by atoms with Crippen molar-refractivity contribution in [2.45, 2.75) is 30.5 Å². The van der Waals surface area contributed by atoms with Gasteiger partial charge in [0.15, 0.2) is 0 Å². The first-order valence-electron chi connectivity index (χ1n) is 4.87. The second-order valence-corrected chi connectivity index (χ2v) is 4.04. The Kier molecular flexibility index (Phi) is 5.10. The maximum absolute atomic E-state index is 11.5. The number of ether oxygens (including phenoxy) is 1. The Morgan fingerprint density at radius 3 is 2.93 bits per heavy atom. The van der Waals surface area contributed by atoms with Crippen LogP contribution in [0.25, 0.3) is 0 Å². The average Bonchev–Trinajstić information content (AvgIpc) is 2.27. The summed E-state index contributed by atoms with van der Waals surface area (Å²) in [7, 11) is 0. The number of carbonyl (C=O) groups excluding carboxylic acids is 1. The van der Waals surface area contributed by atoms with Crippen LogP contribution in [-0.2, 0) is 9.53 Å². The van der Waals surface area contributed by atoms with Crippen LogP contribution in [0, 0.1) is 0 Å². The molecule has 1 unspecified atom stereocenters. The number of rotatable bonds is 5. The molecule has 1 aromatic heterocycles. The third kappa shape index (κ3) is 3.87. The van der Waals surface area contributed by atoms with Crippen molar-refractivity contribution in [3.8, 4) is 0 Å². The standard InChI is InChI=1S/C10H14N2O2S/c1-3-8(10(13)14-4-2)15-9-5-6-11-7-12-9/h5-8H,3-4H2,1-2H3. The smallest absolute Gasteiger partial charge is 0.319 e. The molecule has 0 aromatic carbocycles. The number of carbonyl (C=O) groups is 1. The highest BCUT2D eigenvalue weighted by Crippen LogP contribution is 2.23. The van der Waals surface area contributed by atoms with E-state index in [0.29, 0.717) is 6.61 Å². The minimum absolute atomic E-state index is 0.177. The SMILES string of the molecule is CCOC(=O)C(CC)Sc1ccncn1. The maximum atomic E-state index is 11.5. The lowest BCUT2D eigenvalue weighted by Crippen LogP contribution is -2.19. The molecule has 0 N–H and O–H groups in total. The number of esters is 1. The van der Waals surface area contributed by atoms with Crippen molar-refractivity contribution in [2.75, 3.05) is 6.61 Å². The Labute approximate surface area is 93.5 Å². The molecule has 0 amide bonds. The van der Waals surface area contributed by atoms with E-state index in [1.807, 2.05) is 6.92 Å². The van der Waals surface area contributed by atoms with Gasteiger partial charge in [-0.2, -0.15) is 0 Å². The highest BCUT2D eigenvalue weighted by Gasteiger charge is 2.19. The third-order valence-corrected chi connectivity index (χ3v) is 3.03. The summed E-state index contributed by atoms with van der Waals surface area (Å²) >= 11 is 1.41. The fourth-order valence-corrected chi connectivity index (χ4v) is 1.90. The van der Waals surface area contributed by atoms with Crippen molar-refractivity contribution in [1.29, 1.82) is 0 Å². The molecule has 0 aliphatic heterocycles. The fourth-order valence-electron chi connectivity index (χ4n) is 1.03. The zero-order valence-electron chi connectivity index (χ0n) is 8.84. The van der Waals surface area contributed by atoms with Gasteiger partial charge in [-0.15, -0.1) is 0 Å². The van der Waals surface area contributed by atoms with Gasteiger partial charge < -0.3 is 4.74 Å². The molecule has 15 heavy (non-hydrogen) atoms. The number of aromatic nitrogens is 2. The van der Waals surface area contributed by atoms with Gasteiger partial charge in [-0.05, 0) is 19.4 Å². The molecule has 0 fully saturated rings. The molecule has 0 bridgehead atoms. The molecule has 0 saturated carbocycles. The molecule has 0 aliphatic carbocycles. The van der Waals surface area contributed by atoms with Crippen LogP contribution in [-0.4, -0.2) is 27.8 Å². The summed E-state index contributed by atoms with van der Waals surface area (Å²) in [6.07, 6.45) is 3.86. The summed E-state index contributed by atoms with van der Waals surface area (Å²) in [5.41, 5.74) is 0. The predicted molar refractivity (Wildman–Crippen MR) is 58.6 cm³/mol. The van der Waals surface area contributed by atoms with E-state index in [9.17, 15) is 4.79 Å². The van der Waals surface area contributed by atoms with Gasteiger partial charge in [-0.1, -0.05) is 18.7 Å². The summed E-state index contributed by atoms with van der Waals surface area (Å²) in [5, 5.41) is 0.616. The van der Waals surface area contributed by atoms with Crippen LogP contribution in [0.3, 0.4) is 0 Å². The minimum Gasteiger partial charge on any atom is -0.465 e. The second kappa shape index (κ2) is 6.40. The Morgan fingerprint density at radius 1 is 1.60 bits per heavy atom. The normalized spacial score (nSPS) is 12.1. The van der Waals surface area contributed by atoms with E-state index in [0.717, 1.165) is 11.4 Å². The van der Waals surface area contributed by atoms with E-state index in [2.05, 4.69) is 9.97 Å². The highest BCUT2D eigenvalue weighted by atomic mass is 32.2. The lowest BCUT2D eigenvalue weighted by atomic mass is 10.3. The Morgan fingerprint density at radius 2 is 2.40 bits per heavy atom. The van der Waals surface area contributed by atoms with Crippen LogP contribution in [0.1, 0.15) is 20.3 Å². The number of nitrogens with zero attached hydrogens (tertiary/aromatic N) is 2. The van der Waals surface area contributed by atoms with E-state index in [-0.39, 0.29) is 11.2 Å². The molecule has 1 aromatic rings. The van der Waals surface area contributed by atoms with Crippen LogP contribution in [0.4, 0.5) is 0 Å². The second-order valence-electron chi connectivity index (χ2n) is 2.81. The van der Waals surface area contributed by atoms with Crippen LogP contribution < -0.4 is 0 Å². The van der Waals surface area contributed by atoms with E-state index in [1.165, 1.54) is 18.1 Å². The molecule has 0 saturated heterocycles. The van der Waals surface area contributed by atoms with Crippen molar-refractivity contribution >= 4 is 17.7 Å². The molecule has 82 valence electrons. The van der Waals surface area contributed by atoms with Crippen LogP contribution in [0.15, 0.2) is 23.6 Å². The van der Waals surface area contributed by atoms with Crippen LogP contribution in [0.2, 0.25) is 0 Å². The molecule has 0 radical (unpaired) electrons. The Balaban J connectivity index is 2.58. The zero-order valence-corrected chi connectivity index (χ0v) is 9.66. The molecule has 1 heterocycles. The molecule has 4 nitrogen and oxygen atoms in total. The van der Waals surface area contributed by atoms with Crippen molar-refractivity contribution in [2.24, 2.45) is 0 Å². The van der Waals surface area contributed by atoms with E-state index in [4.69, 9.17) is 4.74 Å². The van der Waals surface area contributed by atoms with Gasteiger partial charge in [0.2, 0.25) is 0 Å². The summed E-state index contributed by atoms with van der Waals surface area (Å²) < 4.78 is 4.96. The van der Waals surface area contributed by atoms with Crippen molar-refractivity contribution in [3.05, 3.63) is 18.6 Å². The molecular weight excluding hydrogens is 212 g/mol. The number of hydrogen-bond acceptors (Lipinski definition) is 5. The van der Waals surface area contributed by atoms with Crippen LogP contribution in [0.5, 0.6) is 0 Å². The zero-order chi connectivity index (χ0) is 11.1. The minimum atomic E-state index is -0.181. The van der Waals surface area contributed by atoms with Gasteiger partial charge in [0.25, 0.3) is 0 Å². The average molecular weight is 226 g/mol. The number of thioether (sulfide) groups is 1. The maximum Gasteiger partial charge on any atom is 0.319 e.